The van der Waals surface area contributed by atoms with E-state index in [0.717, 1.165) is 74.1 Å². The number of pyridine rings is 3. The van der Waals surface area contributed by atoms with Gasteiger partial charge in [0.2, 0.25) is 0 Å². The van der Waals surface area contributed by atoms with Crippen LogP contribution in [0.5, 0.6) is 5.75 Å². The van der Waals surface area contributed by atoms with Gasteiger partial charge in [-0.15, -0.1) is 0 Å². The first-order chi connectivity index (χ1) is 20.6. The van der Waals surface area contributed by atoms with Gasteiger partial charge < -0.3 is 19.5 Å². The summed E-state index contributed by atoms with van der Waals surface area (Å²) in [5, 5.41) is 25.3. The zero-order valence-corrected chi connectivity index (χ0v) is 23.6. The molecule has 3 aliphatic rings. The third-order valence-corrected chi connectivity index (χ3v) is 9.01. The molecule has 2 atom stereocenters. The molecule has 0 radical (unpaired) electrons. The Labute approximate surface area is 245 Å². The maximum atomic E-state index is 11.2. The number of piperidine rings is 1. The molecule has 3 aliphatic heterocycles. The van der Waals surface area contributed by atoms with E-state index in [2.05, 4.69) is 26.0 Å². The van der Waals surface area contributed by atoms with Crippen molar-refractivity contribution in [3.05, 3.63) is 72.4 Å². The molecular weight excluding hydrogens is 530 g/mol. The Bertz CT molecular complexity index is 1560. The first kappa shape index (κ1) is 26.8. The quantitative estimate of drug-likeness (QED) is 0.344. The van der Waals surface area contributed by atoms with Crippen LogP contribution in [0, 0.1) is 23.2 Å². The lowest BCUT2D eigenvalue weighted by atomic mass is 9.87. The molecule has 10 nitrogen and oxygen atoms in total. The number of likely N-dealkylation sites (tertiary alicyclic amines) is 1. The number of anilines is 1. The lowest BCUT2D eigenvalue weighted by molar-refractivity contribution is 0.0156. The minimum atomic E-state index is -0.755. The van der Waals surface area contributed by atoms with Crippen LogP contribution in [0.1, 0.15) is 24.1 Å². The van der Waals surface area contributed by atoms with Gasteiger partial charge >= 0.3 is 0 Å². The van der Waals surface area contributed by atoms with E-state index in [0.29, 0.717) is 49.0 Å². The summed E-state index contributed by atoms with van der Waals surface area (Å²) in [6.45, 7) is 6.78. The van der Waals surface area contributed by atoms with Crippen LogP contribution in [-0.4, -0.2) is 87.7 Å². The minimum Gasteiger partial charge on any atom is -0.491 e. The number of aromatic nitrogens is 4. The van der Waals surface area contributed by atoms with E-state index in [1.807, 2.05) is 48.8 Å². The van der Waals surface area contributed by atoms with Gasteiger partial charge in [-0.25, -0.2) is 9.50 Å². The van der Waals surface area contributed by atoms with Gasteiger partial charge in [0.15, 0.2) is 0 Å². The Morgan fingerprint density at radius 3 is 2.62 bits per heavy atom. The molecule has 216 valence electrons. The number of rotatable bonds is 8. The summed E-state index contributed by atoms with van der Waals surface area (Å²) in [5.74, 6) is 2.89. The number of nitriles is 1. The second kappa shape index (κ2) is 11.3. The zero-order valence-electron chi connectivity index (χ0n) is 23.6. The number of ether oxygens (including phenoxy) is 2. The minimum absolute atomic E-state index is 0.509. The van der Waals surface area contributed by atoms with E-state index in [1.54, 1.807) is 16.9 Å². The van der Waals surface area contributed by atoms with Gasteiger partial charge in [-0.1, -0.05) is 6.07 Å². The normalized spacial score (nSPS) is 21.9. The summed E-state index contributed by atoms with van der Waals surface area (Å²) in [5.41, 5.74) is 3.16. The predicted octanol–water partition coefficient (Wildman–Crippen LogP) is 3.19. The van der Waals surface area contributed by atoms with Crippen molar-refractivity contribution in [2.75, 3.05) is 57.4 Å². The van der Waals surface area contributed by atoms with E-state index in [4.69, 9.17) is 14.5 Å². The van der Waals surface area contributed by atoms with Gasteiger partial charge in [0, 0.05) is 80.2 Å². The Morgan fingerprint density at radius 1 is 1.07 bits per heavy atom. The van der Waals surface area contributed by atoms with Crippen molar-refractivity contribution in [2.45, 2.75) is 24.9 Å². The van der Waals surface area contributed by atoms with Crippen molar-refractivity contribution in [1.82, 2.24) is 24.5 Å². The summed E-state index contributed by atoms with van der Waals surface area (Å²) in [4.78, 5) is 13.9. The number of hydrogen-bond acceptors (Lipinski definition) is 9. The smallest absolute Gasteiger partial charge is 0.138 e. The van der Waals surface area contributed by atoms with Crippen LogP contribution < -0.4 is 9.64 Å². The summed E-state index contributed by atoms with van der Waals surface area (Å²) < 4.78 is 13.5. The Kier molecular flexibility index (Phi) is 7.24. The van der Waals surface area contributed by atoms with E-state index >= 15 is 0 Å². The van der Waals surface area contributed by atoms with Gasteiger partial charge in [-0.2, -0.15) is 10.4 Å². The first-order valence-electron chi connectivity index (χ1n) is 14.7. The molecule has 0 spiro atoms. The van der Waals surface area contributed by atoms with Gasteiger partial charge in [-0.3, -0.25) is 9.88 Å². The van der Waals surface area contributed by atoms with Crippen molar-refractivity contribution in [3.8, 4) is 22.9 Å². The van der Waals surface area contributed by atoms with E-state index < -0.39 is 5.60 Å². The fourth-order valence-electron chi connectivity index (χ4n) is 6.64. The Morgan fingerprint density at radius 2 is 1.90 bits per heavy atom. The maximum Gasteiger partial charge on any atom is 0.138 e. The van der Waals surface area contributed by atoms with Crippen LogP contribution in [0.25, 0.3) is 16.6 Å². The molecule has 42 heavy (non-hydrogen) atoms. The molecule has 4 aromatic rings. The highest BCUT2D eigenvalue weighted by Gasteiger charge is 2.37. The average molecular weight is 566 g/mol. The predicted molar refractivity (Wildman–Crippen MR) is 157 cm³/mol. The number of fused-ring (bicyclic) bond motifs is 2. The van der Waals surface area contributed by atoms with E-state index in [1.165, 1.54) is 0 Å². The second-order valence-electron chi connectivity index (χ2n) is 11.8. The van der Waals surface area contributed by atoms with Gasteiger partial charge in [0.1, 0.15) is 24.2 Å². The van der Waals surface area contributed by atoms with Gasteiger partial charge in [0.05, 0.1) is 42.3 Å². The third-order valence-electron chi connectivity index (χ3n) is 9.01. The zero-order chi connectivity index (χ0) is 28.5. The lowest BCUT2D eigenvalue weighted by Gasteiger charge is -2.38. The SMILES string of the molecule is N#Cc1cnn2cc(OCCN3CC4COCC4C3)cc(-c3ccc(N4CCC(O)(Cc5ccccn5)CC4)nc3)c12. The standard InChI is InChI=1S/C32H35N7O3/c33-15-24-17-36-39-20-28(42-12-11-37-18-25-21-41-22-26(25)19-37)13-29(31(24)39)23-4-5-30(35-16-23)38-9-6-32(40,7-10-38)14-27-3-1-2-8-34-27/h1-5,8,13,16-17,20,25-26,40H,6-7,9-12,14,18-19,21-22H2. The van der Waals surface area contributed by atoms with Crippen LogP contribution in [0.4, 0.5) is 5.82 Å². The van der Waals surface area contributed by atoms with Crippen molar-refractivity contribution >= 4 is 11.3 Å². The monoisotopic (exact) mass is 565 g/mol. The molecule has 2 unspecified atom stereocenters. The lowest BCUT2D eigenvalue weighted by Crippen LogP contribution is -2.46. The molecule has 0 amide bonds. The molecule has 3 fully saturated rings. The fraction of sp³-hybridized carbons (Fsp3) is 0.438. The molecule has 0 bridgehead atoms. The van der Waals surface area contributed by atoms with Crippen LogP contribution in [0.3, 0.4) is 0 Å². The van der Waals surface area contributed by atoms with Crippen molar-refractivity contribution in [3.63, 3.8) is 0 Å². The molecule has 10 heteroatoms. The van der Waals surface area contributed by atoms with Crippen molar-refractivity contribution < 1.29 is 14.6 Å². The summed E-state index contributed by atoms with van der Waals surface area (Å²) >= 11 is 0. The molecule has 7 rings (SSSR count). The summed E-state index contributed by atoms with van der Waals surface area (Å²) in [7, 11) is 0. The van der Waals surface area contributed by atoms with Crippen LogP contribution in [-0.2, 0) is 11.2 Å². The second-order valence-corrected chi connectivity index (χ2v) is 11.8. The highest BCUT2D eigenvalue weighted by Crippen LogP contribution is 2.33. The molecule has 0 aliphatic carbocycles. The van der Waals surface area contributed by atoms with Crippen LogP contribution in [0.2, 0.25) is 0 Å². The molecule has 0 saturated carbocycles. The maximum absolute atomic E-state index is 11.2. The van der Waals surface area contributed by atoms with Gasteiger partial charge in [-0.05, 0) is 43.2 Å². The number of nitrogens with zero attached hydrogens (tertiary/aromatic N) is 7. The van der Waals surface area contributed by atoms with Crippen LogP contribution >= 0.6 is 0 Å². The van der Waals surface area contributed by atoms with Gasteiger partial charge in [0.25, 0.3) is 0 Å². The summed E-state index contributed by atoms with van der Waals surface area (Å²) in [6, 6.07) is 14.1. The average Bonchev–Trinajstić information content (AvgIpc) is 3.73. The summed E-state index contributed by atoms with van der Waals surface area (Å²) in [6.07, 6.45) is 8.92. The van der Waals surface area contributed by atoms with Crippen molar-refractivity contribution in [2.24, 2.45) is 11.8 Å². The molecule has 0 aromatic carbocycles. The highest BCUT2D eigenvalue weighted by atomic mass is 16.5. The number of hydrogen-bond donors (Lipinski definition) is 1. The number of aliphatic hydroxyl groups is 1. The molecule has 4 aromatic heterocycles. The Balaban J connectivity index is 1.04. The van der Waals surface area contributed by atoms with Crippen LogP contribution in [0.15, 0.2) is 61.2 Å². The first-order valence-corrected chi connectivity index (χ1v) is 14.7. The fourth-order valence-corrected chi connectivity index (χ4v) is 6.64. The molecular formula is C32H35N7O3. The van der Waals surface area contributed by atoms with E-state index in [9.17, 15) is 10.4 Å². The molecule has 7 heterocycles. The highest BCUT2D eigenvalue weighted by molar-refractivity contribution is 5.85. The van der Waals surface area contributed by atoms with Crippen molar-refractivity contribution in [1.29, 1.82) is 5.26 Å². The largest absolute Gasteiger partial charge is 0.491 e. The third kappa shape index (κ3) is 5.43. The van der Waals surface area contributed by atoms with E-state index in [-0.39, 0.29) is 0 Å². The molecule has 1 N–H and O–H groups in total. The Hall–Kier alpha value is -4.04. The molecule has 3 saturated heterocycles. The topological polar surface area (TPSA) is 112 Å².